The number of ether oxygens (including phenoxy) is 1. The highest BCUT2D eigenvalue weighted by atomic mass is 35.5. The van der Waals surface area contributed by atoms with E-state index in [0.29, 0.717) is 17.3 Å². The summed E-state index contributed by atoms with van der Waals surface area (Å²) in [6.07, 6.45) is 2.21. The van der Waals surface area contributed by atoms with Gasteiger partial charge in [0, 0.05) is 22.9 Å². The zero-order chi connectivity index (χ0) is 17.4. The van der Waals surface area contributed by atoms with E-state index in [9.17, 15) is 4.79 Å². The van der Waals surface area contributed by atoms with Crippen LogP contribution in [0.25, 0.3) is 5.69 Å². The predicted molar refractivity (Wildman–Crippen MR) is 96.7 cm³/mol. The minimum Gasteiger partial charge on any atom is -0.497 e. The Kier molecular flexibility index (Phi) is 3.93. The van der Waals surface area contributed by atoms with E-state index in [1.165, 1.54) is 0 Å². The van der Waals surface area contributed by atoms with E-state index >= 15 is 0 Å². The summed E-state index contributed by atoms with van der Waals surface area (Å²) in [4.78, 5) is 12.3. The average molecular weight is 354 g/mol. The fourth-order valence-corrected chi connectivity index (χ4v) is 3.26. The molecule has 4 rings (SSSR count). The van der Waals surface area contributed by atoms with Crippen molar-refractivity contribution < 1.29 is 9.53 Å². The van der Waals surface area contributed by atoms with E-state index in [1.54, 1.807) is 23.9 Å². The highest BCUT2D eigenvalue weighted by Gasteiger charge is 2.30. The van der Waals surface area contributed by atoms with Crippen molar-refractivity contribution in [2.75, 3.05) is 12.4 Å². The number of nitrogens with zero attached hydrogens (tertiary/aromatic N) is 2. The zero-order valence-corrected chi connectivity index (χ0v) is 14.3. The molecule has 126 valence electrons. The Bertz CT molecular complexity index is 917. The molecule has 1 atom stereocenters. The number of aromatic nitrogens is 2. The molecule has 0 bridgehead atoms. The first kappa shape index (κ1) is 15.7. The van der Waals surface area contributed by atoms with Gasteiger partial charge in [0.15, 0.2) is 0 Å². The summed E-state index contributed by atoms with van der Waals surface area (Å²) in [7, 11) is 1.64. The summed E-state index contributed by atoms with van der Waals surface area (Å²) in [5.74, 6) is 1.44. The fraction of sp³-hybridized carbons (Fsp3) is 0.158. The molecule has 2 heterocycles. The fourth-order valence-electron chi connectivity index (χ4n) is 3.13. The monoisotopic (exact) mass is 353 g/mol. The van der Waals surface area contributed by atoms with Gasteiger partial charge >= 0.3 is 0 Å². The first-order valence-corrected chi connectivity index (χ1v) is 8.31. The molecule has 25 heavy (non-hydrogen) atoms. The van der Waals surface area contributed by atoms with Gasteiger partial charge in [-0.15, -0.1) is 0 Å². The molecule has 1 unspecified atom stereocenters. The maximum Gasteiger partial charge on any atom is 0.226 e. The van der Waals surface area contributed by atoms with E-state index in [4.69, 9.17) is 16.3 Å². The van der Waals surface area contributed by atoms with Gasteiger partial charge in [0.1, 0.15) is 11.6 Å². The first-order chi connectivity index (χ1) is 12.2. The predicted octanol–water partition coefficient (Wildman–Crippen LogP) is 4.01. The lowest BCUT2D eigenvalue weighted by molar-refractivity contribution is -0.116. The van der Waals surface area contributed by atoms with Gasteiger partial charge in [-0.3, -0.25) is 4.79 Å². The highest BCUT2D eigenvalue weighted by molar-refractivity contribution is 6.30. The molecule has 0 saturated carbocycles. The average Bonchev–Trinajstić information content (AvgIpc) is 3.05. The third-order valence-corrected chi connectivity index (χ3v) is 4.66. The van der Waals surface area contributed by atoms with Gasteiger partial charge in [0.25, 0.3) is 0 Å². The first-order valence-electron chi connectivity index (χ1n) is 7.93. The molecule has 1 aromatic heterocycles. The van der Waals surface area contributed by atoms with E-state index < -0.39 is 0 Å². The summed E-state index contributed by atoms with van der Waals surface area (Å²) in [6, 6.07) is 15.2. The SMILES string of the molecule is COc1ccc(C2CC(=O)Nc3c2cnn3-c2ccc(Cl)cc2)cc1. The van der Waals surface area contributed by atoms with E-state index in [1.807, 2.05) is 42.6 Å². The Labute approximate surface area is 150 Å². The Morgan fingerprint density at radius 2 is 1.88 bits per heavy atom. The second-order valence-corrected chi connectivity index (χ2v) is 6.35. The van der Waals surface area contributed by atoms with Crippen LogP contribution in [0.2, 0.25) is 5.02 Å². The standard InChI is InChI=1S/C19H16ClN3O2/c1-25-15-8-2-12(3-9-15)16-10-18(24)22-19-17(16)11-21-23(19)14-6-4-13(20)5-7-14/h2-9,11,16H,10H2,1H3,(H,22,24). The molecule has 1 aliphatic heterocycles. The number of rotatable bonds is 3. The number of fused-ring (bicyclic) bond motifs is 1. The number of hydrogen-bond acceptors (Lipinski definition) is 3. The van der Waals surface area contributed by atoms with Crippen molar-refractivity contribution in [1.29, 1.82) is 0 Å². The molecular formula is C19H16ClN3O2. The quantitative estimate of drug-likeness (QED) is 0.774. The van der Waals surface area contributed by atoms with Gasteiger partial charge in [-0.05, 0) is 42.0 Å². The number of hydrogen-bond donors (Lipinski definition) is 1. The minimum absolute atomic E-state index is 0.0240. The Hall–Kier alpha value is -2.79. The molecule has 5 nitrogen and oxygen atoms in total. The second-order valence-electron chi connectivity index (χ2n) is 5.91. The van der Waals surface area contributed by atoms with Crippen molar-refractivity contribution in [3.63, 3.8) is 0 Å². The number of benzene rings is 2. The van der Waals surface area contributed by atoms with Gasteiger partial charge in [-0.2, -0.15) is 5.10 Å². The largest absolute Gasteiger partial charge is 0.497 e. The molecule has 2 aromatic carbocycles. The molecule has 0 radical (unpaired) electrons. The van der Waals surface area contributed by atoms with Gasteiger partial charge in [-0.1, -0.05) is 23.7 Å². The lowest BCUT2D eigenvalue weighted by atomic mass is 9.87. The lowest BCUT2D eigenvalue weighted by Gasteiger charge is -2.24. The van der Waals surface area contributed by atoms with Crippen LogP contribution in [0, 0.1) is 0 Å². The Morgan fingerprint density at radius 1 is 1.16 bits per heavy atom. The minimum atomic E-state index is -0.0318. The Balaban J connectivity index is 1.76. The van der Waals surface area contributed by atoms with Crippen LogP contribution in [0.5, 0.6) is 5.75 Å². The molecule has 1 aliphatic rings. The number of amides is 1. The van der Waals surface area contributed by atoms with Crippen LogP contribution >= 0.6 is 11.6 Å². The molecular weight excluding hydrogens is 338 g/mol. The van der Waals surface area contributed by atoms with Gasteiger partial charge < -0.3 is 10.1 Å². The number of anilines is 1. The second kappa shape index (κ2) is 6.26. The maximum atomic E-state index is 12.3. The molecule has 0 aliphatic carbocycles. The van der Waals surface area contributed by atoms with Gasteiger partial charge in [0.05, 0.1) is 19.0 Å². The van der Waals surface area contributed by atoms with Crippen LogP contribution in [0.3, 0.4) is 0 Å². The summed E-state index contributed by atoms with van der Waals surface area (Å²) < 4.78 is 6.95. The number of halogens is 1. The van der Waals surface area contributed by atoms with Crippen LogP contribution in [-0.4, -0.2) is 22.8 Å². The molecule has 0 saturated heterocycles. The smallest absolute Gasteiger partial charge is 0.226 e. The topological polar surface area (TPSA) is 56.1 Å². The van der Waals surface area contributed by atoms with Crippen molar-refractivity contribution in [3.05, 3.63) is 70.9 Å². The number of carbonyl (C=O) groups is 1. The summed E-state index contributed by atoms with van der Waals surface area (Å²) in [5, 5.41) is 8.08. The van der Waals surface area contributed by atoms with Crippen molar-refractivity contribution in [2.45, 2.75) is 12.3 Å². The summed E-state index contributed by atoms with van der Waals surface area (Å²) >= 11 is 5.96. The van der Waals surface area contributed by atoms with Crippen LogP contribution in [0.1, 0.15) is 23.5 Å². The number of carbonyl (C=O) groups excluding carboxylic acids is 1. The molecule has 0 fully saturated rings. The molecule has 3 aromatic rings. The van der Waals surface area contributed by atoms with Crippen molar-refractivity contribution >= 4 is 23.3 Å². The van der Waals surface area contributed by atoms with Gasteiger partial charge in [0.2, 0.25) is 5.91 Å². The number of nitrogens with one attached hydrogen (secondary N) is 1. The third-order valence-electron chi connectivity index (χ3n) is 4.41. The van der Waals surface area contributed by atoms with Gasteiger partial charge in [-0.25, -0.2) is 4.68 Å². The third kappa shape index (κ3) is 2.87. The Morgan fingerprint density at radius 3 is 2.56 bits per heavy atom. The maximum absolute atomic E-state index is 12.3. The molecule has 0 spiro atoms. The molecule has 6 heteroatoms. The molecule has 1 N–H and O–H groups in total. The van der Waals surface area contributed by atoms with Crippen LogP contribution in [0.4, 0.5) is 5.82 Å². The summed E-state index contributed by atoms with van der Waals surface area (Å²) in [5.41, 5.74) is 2.91. The van der Waals surface area contributed by atoms with Crippen molar-refractivity contribution in [3.8, 4) is 11.4 Å². The van der Waals surface area contributed by atoms with E-state index in [2.05, 4.69) is 10.4 Å². The van der Waals surface area contributed by atoms with Crippen molar-refractivity contribution in [1.82, 2.24) is 9.78 Å². The number of methoxy groups -OCH3 is 1. The molecule has 1 amide bonds. The zero-order valence-electron chi connectivity index (χ0n) is 13.6. The van der Waals surface area contributed by atoms with Crippen molar-refractivity contribution in [2.24, 2.45) is 0 Å². The van der Waals surface area contributed by atoms with E-state index in [-0.39, 0.29) is 11.8 Å². The normalized spacial score (nSPS) is 16.2. The summed E-state index contributed by atoms with van der Waals surface area (Å²) in [6.45, 7) is 0. The van der Waals surface area contributed by atoms with Crippen LogP contribution in [0.15, 0.2) is 54.7 Å². The highest BCUT2D eigenvalue weighted by Crippen LogP contribution is 2.38. The van der Waals surface area contributed by atoms with Crippen LogP contribution < -0.4 is 10.1 Å². The van der Waals surface area contributed by atoms with Crippen LogP contribution in [-0.2, 0) is 4.79 Å². The lowest BCUT2D eigenvalue weighted by Crippen LogP contribution is -2.24. The van der Waals surface area contributed by atoms with E-state index in [0.717, 1.165) is 22.6 Å².